The molecule has 0 spiro atoms. The monoisotopic (exact) mass is 379 g/mol. The van der Waals surface area contributed by atoms with Gasteiger partial charge in [-0.1, -0.05) is 44.2 Å². The van der Waals surface area contributed by atoms with Gasteiger partial charge in [0, 0.05) is 18.7 Å². The Balaban J connectivity index is 1.57. The van der Waals surface area contributed by atoms with Crippen molar-refractivity contribution >= 4 is 18.0 Å². The first-order valence-electron chi connectivity index (χ1n) is 9.50. The van der Waals surface area contributed by atoms with Gasteiger partial charge >= 0.3 is 6.09 Å². The second-order valence-electron chi connectivity index (χ2n) is 7.01. The maximum atomic E-state index is 12.4. The first kappa shape index (κ1) is 19.8. The standard InChI is InChI=1S/C23H25NO4/c1-17(2)19-6-3-18(4-7-19)5-12-22(25)20-8-10-21(11-9-20)28-23(26)24-13-15-27-16-14-24/h3-12,17H,13-16H2,1-2H3. The molecule has 146 valence electrons. The summed E-state index contributed by atoms with van der Waals surface area (Å²) in [5, 5.41) is 0. The molecule has 2 aromatic carbocycles. The summed E-state index contributed by atoms with van der Waals surface area (Å²) in [7, 11) is 0. The maximum absolute atomic E-state index is 12.4. The number of benzene rings is 2. The minimum absolute atomic E-state index is 0.0982. The molecule has 3 rings (SSSR count). The Morgan fingerprint density at radius 1 is 1.00 bits per heavy atom. The average molecular weight is 379 g/mol. The molecule has 1 saturated heterocycles. The van der Waals surface area contributed by atoms with E-state index < -0.39 is 6.09 Å². The van der Waals surface area contributed by atoms with Crippen molar-refractivity contribution in [1.29, 1.82) is 0 Å². The van der Waals surface area contributed by atoms with Crippen molar-refractivity contribution in [2.75, 3.05) is 26.3 Å². The molecule has 5 heteroatoms. The fourth-order valence-corrected chi connectivity index (χ4v) is 2.86. The molecule has 0 bridgehead atoms. The van der Waals surface area contributed by atoms with Crippen molar-refractivity contribution in [2.45, 2.75) is 19.8 Å². The van der Waals surface area contributed by atoms with Crippen molar-refractivity contribution in [1.82, 2.24) is 4.90 Å². The SMILES string of the molecule is CC(C)c1ccc(C=CC(=O)c2ccc(OC(=O)N3CCOCC3)cc2)cc1. The van der Waals surface area contributed by atoms with Crippen molar-refractivity contribution < 1.29 is 19.1 Å². The number of carbonyl (C=O) groups excluding carboxylic acids is 2. The van der Waals surface area contributed by atoms with Gasteiger partial charge in [-0.25, -0.2) is 4.79 Å². The predicted molar refractivity (Wildman–Crippen MR) is 109 cm³/mol. The van der Waals surface area contributed by atoms with Crippen LogP contribution in [0.5, 0.6) is 5.75 Å². The molecule has 0 atom stereocenters. The van der Waals surface area contributed by atoms with E-state index in [-0.39, 0.29) is 5.78 Å². The van der Waals surface area contributed by atoms with Gasteiger partial charge in [0.15, 0.2) is 5.78 Å². The van der Waals surface area contributed by atoms with Crippen LogP contribution in [-0.4, -0.2) is 43.1 Å². The van der Waals surface area contributed by atoms with Crippen molar-refractivity contribution in [3.05, 3.63) is 71.3 Å². The minimum Gasteiger partial charge on any atom is -0.410 e. The van der Waals surface area contributed by atoms with Crippen LogP contribution in [0.25, 0.3) is 6.08 Å². The van der Waals surface area contributed by atoms with Crippen LogP contribution in [0, 0.1) is 0 Å². The normalized spacial score (nSPS) is 14.5. The third kappa shape index (κ3) is 5.30. The highest BCUT2D eigenvalue weighted by atomic mass is 16.6. The summed E-state index contributed by atoms with van der Waals surface area (Å²) in [5.41, 5.74) is 2.79. The molecule has 1 fully saturated rings. The molecule has 2 aromatic rings. The van der Waals surface area contributed by atoms with Gasteiger partial charge in [0.2, 0.25) is 0 Å². The number of nitrogens with zero attached hydrogens (tertiary/aromatic N) is 1. The summed E-state index contributed by atoms with van der Waals surface area (Å²) < 4.78 is 10.6. The van der Waals surface area contributed by atoms with Crippen LogP contribution in [0.2, 0.25) is 0 Å². The lowest BCUT2D eigenvalue weighted by molar-refractivity contribution is 0.0416. The average Bonchev–Trinajstić information content (AvgIpc) is 2.73. The Bertz CT molecular complexity index is 832. The van der Waals surface area contributed by atoms with Crippen LogP contribution in [0.1, 0.15) is 41.3 Å². The van der Waals surface area contributed by atoms with Gasteiger partial charge in [0.1, 0.15) is 5.75 Å². The quantitative estimate of drug-likeness (QED) is 0.565. The molecule has 0 radical (unpaired) electrons. The highest BCUT2D eigenvalue weighted by Gasteiger charge is 2.18. The third-order valence-electron chi connectivity index (χ3n) is 4.64. The lowest BCUT2D eigenvalue weighted by atomic mass is 10.0. The molecule has 1 amide bonds. The van der Waals surface area contributed by atoms with Gasteiger partial charge in [0.25, 0.3) is 0 Å². The van der Waals surface area contributed by atoms with Gasteiger partial charge in [-0.05, 0) is 47.4 Å². The van der Waals surface area contributed by atoms with E-state index in [1.54, 1.807) is 41.3 Å². The fourth-order valence-electron chi connectivity index (χ4n) is 2.86. The molecule has 1 aliphatic heterocycles. The summed E-state index contributed by atoms with van der Waals surface area (Å²) in [4.78, 5) is 26.0. The molecule has 0 N–H and O–H groups in total. The molecule has 1 heterocycles. The van der Waals surface area contributed by atoms with Gasteiger partial charge < -0.3 is 14.4 Å². The summed E-state index contributed by atoms with van der Waals surface area (Å²) in [6.07, 6.45) is 2.96. The summed E-state index contributed by atoms with van der Waals surface area (Å²) in [5.74, 6) is 0.802. The molecule has 1 aliphatic rings. The lowest BCUT2D eigenvalue weighted by Crippen LogP contribution is -2.42. The van der Waals surface area contributed by atoms with E-state index in [1.165, 1.54) is 5.56 Å². The van der Waals surface area contributed by atoms with Crippen LogP contribution in [-0.2, 0) is 4.74 Å². The number of amides is 1. The van der Waals surface area contributed by atoms with Gasteiger partial charge in [0.05, 0.1) is 13.2 Å². The summed E-state index contributed by atoms with van der Waals surface area (Å²) in [6.45, 7) is 6.40. The van der Waals surface area contributed by atoms with E-state index >= 15 is 0 Å². The first-order valence-corrected chi connectivity index (χ1v) is 9.50. The topological polar surface area (TPSA) is 55.8 Å². The second kappa shape index (κ2) is 9.33. The smallest absolute Gasteiger partial charge is 0.410 e. The third-order valence-corrected chi connectivity index (χ3v) is 4.64. The van der Waals surface area contributed by atoms with Crippen molar-refractivity contribution in [2.24, 2.45) is 0 Å². The van der Waals surface area contributed by atoms with E-state index in [2.05, 4.69) is 26.0 Å². The fraction of sp³-hybridized carbons (Fsp3) is 0.304. The molecule has 0 unspecified atom stereocenters. The van der Waals surface area contributed by atoms with Crippen LogP contribution in [0.3, 0.4) is 0 Å². The van der Waals surface area contributed by atoms with Crippen molar-refractivity contribution in [3.63, 3.8) is 0 Å². The minimum atomic E-state index is -0.396. The van der Waals surface area contributed by atoms with Gasteiger partial charge in [-0.2, -0.15) is 0 Å². The maximum Gasteiger partial charge on any atom is 0.415 e. The molecule has 28 heavy (non-hydrogen) atoms. The molecule has 5 nitrogen and oxygen atoms in total. The zero-order valence-corrected chi connectivity index (χ0v) is 16.3. The van der Waals surface area contributed by atoms with E-state index in [1.807, 2.05) is 12.1 Å². The molecule has 0 saturated carbocycles. The number of hydrogen-bond acceptors (Lipinski definition) is 4. The van der Waals surface area contributed by atoms with Crippen molar-refractivity contribution in [3.8, 4) is 5.75 Å². The van der Waals surface area contributed by atoms with E-state index in [0.717, 1.165) is 5.56 Å². The highest BCUT2D eigenvalue weighted by molar-refractivity contribution is 6.06. The molecule has 0 aromatic heterocycles. The number of hydrogen-bond donors (Lipinski definition) is 0. The highest BCUT2D eigenvalue weighted by Crippen LogP contribution is 2.17. The first-order chi connectivity index (χ1) is 13.5. The second-order valence-corrected chi connectivity index (χ2v) is 7.01. The number of carbonyl (C=O) groups is 2. The van der Waals surface area contributed by atoms with Crippen LogP contribution < -0.4 is 4.74 Å². The van der Waals surface area contributed by atoms with E-state index in [9.17, 15) is 9.59 Å². The molecular formula is C23H25NO4. The number of ether oxygens (including phenoxy) is 2. The van der Waals surface area contributed by atoms with Gasteiger partial charge in [-0.15, -0.1) is 0 Å². The Morgan fingerprint density at radius 3 is 2.25 bits per heavy atom. The Hall–Kier alpha value is -2.92. The number of rotatable bonds is 5. The number of morpholine rings is 1. The number of ketones is 1. The van der Waals surface area contributed by atoms with E-state index in [0.29, 0.717) is 43.5 Å². The Labute approximate surface area is 165 Å². The Morgan fingerprint density at radius 2 is 1.64 bits per heavy atom. The van der Waals surface area contributed by atoms with Crippen LogP contribution in [0.15, 0.2) is 54.6 Å². The summed E-state index contributed by atoms with van der Waals surface area (Å²) in [6, 6.07) is 14.8. The zero-order valence-electron chi connectivity index (χ0n) is 16.3. The zero-order chi connectivity index (χ0) is 19.9. The van der Waals surface area contributed by atoms with Crippen LogP contribution in [0.4, 0.5) is 4.79 Å². The van der Waals surface area contributed by atoms with Crippen LogP contribution >= 0.6 is 0 Å². The lowest BCUT2D eigenvalue weighted by Gasteiger charge is -2.25. The van der Waals surface area contributed by atoms with Gasteiger partial charge in [-0.3, -0.25) is 4.79 Å². The predicted octanol–water partition coefficient (Wildman–Crippen LogP) is 4.54. The summed E-state index contributed by atoms with van der Waals surface area (Å²) >= 11 is 0. The largest absolute Gasteiger partial charge is 0.415 e. The van der Waals surface area contributed by atoms with E-state index in [4.69, 9.17) is 9.47 Å². The molecular weight excluding hydrogens is 354 g/mol. The number of allylic oxidation sites excluding steroid dienone is 1. The Kier molecular flexibility index (Phi) is 6.61. The molecule has 0 aliphatic carbocycles.